The van der Waals surface area contributed by atoms with E-state index in [1.807, 2.05) is 0 Å². The summed E-state index contributed by atoms with van der Waals surface area (Å²) in [5, 5.41) is 23.5. The van der Waals surface area contributed by atoms with E-state index < -0.39 is 11.9 Å². The van der Waals surface area contributed by atoms with Gasteiger partial charge in [-0.15, -0.1) is 10.2 Å². The smallest absolute Gasteiger partial charge is 0.337 e. The van der Waals surface area contributed by atoms with Crippen LogP contribution in [-0.4, -0.2) is 42.6 Å². The number of aromatic carboxylic acids is 1. The molecule has 9 nitrogen and oxygen atoms in total. The van der Waals surface area contributed by atoms with Crippen LogP contribution in [0.15, 0.2) is 18.5 Å². The number of carbonyl (C=O) groups excluding carboxylic acids is 1. The molecule has 0 radical (unpaired) electrons. The zero-order valence-corrected chi connectivity index (χ0v) is 8.28. The molecular formula is C8H6N6O3. The molecule has 3 N–H and O–H groups in total. The van der Waals surface area contributed by atoms with E-state index in [0.29, 0.717) is 0 Å². The van der Waals surface area contributed by atoms with Crippen molar-refractivity contribution < 1.29 is 14.7 Å². The molecule has 0 spiro atoms. The van der Waals surface area contributed by atoms with E-state index in [0.717, 1.165) is 0 Å². The number of aromatic amines is 1. The van der Waals surface area contributed by atoms with Crippen molar-refractivity contribution in [1.82, 2.24) is 25.6 Å². The number of hydrogen-bond acceptors (Lipinski definition) is 6. The molecule has 0 bridgehead atoms. The van der Waals surface area contributed by atoms with Gasteiger partial charge < -0.3 is 10.4 Å². The van der Waals surface area contributed by atoms with Crippen molar-refractivity contribution in [3.8, 4) is 0 Å². The summed E-state index contributed by atoms with van der Waals surface area (Å²) in [4.78, 5) is 26.1. The Balaban J connectivity index is 2.25. The fraction of sp³-hybridized carbons (Fsp3) is 0. The van der Waals surface area contributed by atoms with E-state index in [-0.39, 0.29) is 17.1 Å². The molecule has 0 saturated heterocycles. The number of aromatic nitrogens is 5. The summed E-state index contributed by atoms with van der Waals surface area (Å²) in [7, 11) is 0. The van der Waals surface area contributed by atoms with Gasteiger partial charge in [-0.25, -0.2) is 4.79 Å². The van der Waals surface area contributed by atoms with Crippen LogP contribution in [0.2, 0.25) is 0 Å². The Morgan fingerprint density at radius 2 is 2.24 bits per heavy atom. The first-order chi connectivity index (χ1) is 8.18. The van der Waals surface area contributed by atoms with Crippen LogP contribution in [0.4, 0.5) is 5.69 Å². The molecule has 2 heterocycles. The van der Waals surface area contributed by atoms with Crippen LogP contribution in [-0.2, 0) is 0 Å². The van der Waals surface area contributed by atoms with Gasteiger partial charge in [0.1, 0.15) is 0 Å². The van der Waals surface area contributed by atoms with Gasteiger partial charge >= 0.3 is 5.97 Å². The van der Waals surface area contributed by atoms with Crippen molar-refractivity contribution >= 4 is 17.6 Å². The van der Waals surface area contributed by atoms with Crippen molar-refractivity contribution in [2.45, 2.75) is 0 Å². The van der Waals surface area contributed by atoms with Crippen molar-refractivity contribution in [2.24, 2.45) is 0 Å². The van der Waals surface area contributed by atoms with Crippen LogP contribution in [0.5, 0.6) is 0 Å². The molecule has 2 aromatic heterocycles. The summed E-state index contributed by atoms with van der Waals surface area (Å²) >= 11 is 0. The molecule has 86 valence electrons. The van der Waals surface area contributed by atoms with Gasteiger partial charge in [-0.3, -0.25) is 9.78 Å². The van der Waals surface area contributed by atoms with Gasteiger partial charge in [-0.1, -0.05) is 0 Å². The number of rotatable bonds is 3. The summed E-state index contributed by atoms with van der Waals surface area (Å²) < 4.78 is 0. The Kier molecular flexibility index (Phi) is 2.73. The fourth-order valence-electron chi connectivity index (χ4n) is 1.12. The Morgan fingerprint density at radius 3 is 2.88 bits per heavy atom. The van der Waals surface area contributed by atoms with E-state index in [4.69, 9.17) is 5.11 Å². The predicted molar refractivity (Wildman–Crippen MR) is 53.3 cm³/mol. The Hall–Kier alpha value is -2.84. The molecule has 0 aliphatic heterocycles. The molecule has 0 aliphatic rings. The first-order valence-corrected chi connectivity index (χ1v) is 4.40. The molecule has 2 aromatic rings. The maximum Gasteiger partial charge on any atom is 0.337 e. The van der Waals surface area contributed by atoms with Crippen LogP contribution >= 0.6 is 0 Å². The van der Waals surface area contributed by atoms with E-state index in [9.17, 15) is 9.59 Å². The lowest BCUT2D eigenvalue weighted by Gasteiger charge is -2.04. The van der Waals surface area contributed by atoms with Crippen molar-refractivity contribution in [1.29, 1.82) is 0 Å². The average molecular weight is 234 g/mol. The number of nitrogens with one attached hydrogen (secondary N) is 2. The molecule has 17 heavy (non-hydrogen) atoms. The normalized spacial score (nSPS) is 9.88. The Bertz CT molecular complexity index is 552. The third-order valence-electron chi connectivity index (χ3n) is 1.85. The van der Waals surface area contributed by atoms with Gasteiger partial charge in [0.2, 0.25) is 0 Å². The van der Waals surface area contributed by atoms with E-state index in [1.165, 1.54) is 18.5 Å². The van der Waals surface area contributed by atoms with Gasteiger partial charge in [-0.2, -0.15) is 5.21 Å². The number of carboxylic acid groups (broad SMARTS) is 1. The third-order valence-corrected chi connectivity index (χ3v) is 1.85. The number of carbonyl (C=O) groups is 2. The van der Waals surface area contributed by atoms with Crippen LogP contribution in [0.3, 0.4) is 0 Å². The highest BCUT2D eigenvalue weighted by Gasteiger charge is 2.15. The molecule has 0 aliphatic carbocycles. The number of carboxylic acids is 1. The summed E-state index contributed by atoms with van der Waals surface area (Å²) in [6, 6.07) is 1.27. The molecule has 1 amide bonds. The lowest BCUT2D eigenvalue weighted by Crippen LogP contribution is -2.16. The summed E-state index contributed by atoms with van der Waals surface area (Å²) in [5.41, 5.74) is -0.00774. The molecule has 0 fully saturated rings. The zero-order chi connectivity index (χ0) is 12.3. The van der Waals surface area contributed by atoms with Crippen molar-refractivity contribution in [2.75, 3.05) is 5.32 Å². The molecule has 0 unspecified atom stereocenters. The second-order valence-corrected chi connectivity index (χ2v) is 2.92. The first kappa shape index (κ1) is 10.7. The van der Waals surface area contributed by atoms with E-state index >= 15 is 0 Å². The molecule has 0 atom stereocenters. The summed E-state index contributed by atoms with van der Waals surface area (Å²) in [6.45, 7) is 0. The third kappa shape index (κ3) is 2.22. The number of nitrogens with zero attached hydrogens (tertiary/aromatic N) is 4. The molecule has 0 aromatic carbocycles. The highest BCUT2D eigenvalue weighted by Crippen LogP contribution is 2.13. The van der Waals surface area contributed by atoms with Gasteiger partial charge in [-0.05, 0) is 11.3 Å². The predicted octanol–water partition coefficient (Wildman–Crippen LogP) is -0.455. The zero-order valence-electron chi connectivity index (χ0n) is 8.28. The summed E-state index contributed by atoms with van der Waals surface area (Å²) in [6.07, 6.45) is 2.54. The highest BCUT2D eigenvalue weighted by atomic mass is 16.4. The number of anilines is 1. The minimum absolute atomic E-state index is 0.0646. The average Bonchev–Trinajstić information content (AvgIpc) is 2.83. The minimum atomic E-state index is -1.17. The Morgan fingerprint density at radius 1 is 1.41 bits per heavy atom. The van der Waals surface area contributed by atoms with E-state index in [2.05, 4.69) is 30.9 Å². The topological polar surface area (TPSA) is 134 Å². The number of pyridine rings is 1. The number of hydrogen-bond donors (Lipinski definition) is 3. The second kappa shape index (κ2) is 4.35. The quantitative estimate of drug-likeness (QED) is 0.654. The fourth-order valence-corrected chi connectivity index (χ4v) is 1.12. The molecule has 9 heteroatoms. The van der Waals surface area contributed by atoms with Crippen molar-refractivity contribution in [3.63, 3.8) is 0 Å². The van der Waals surface area contributed by atoms with Crippen LogP contribution < -0.4 is 5.32 Å². The standard InChI is InChI=1S/C8H6N6O3/c15-7(6-11-13-14-12-6)10-5-3-9-2-1-4(5)8(16)17/h1-3H,(H,10,15)(H,16,17)(H,11,12,13,14). The monoisotopic (exact) mass is 234 g/mol. The SMILES string of the molecule is O=C(Nc1cnccc1C(=O)O)c1nn[nH]n1. The van der Waals surface area contributed by atoms with Gasteiger partial charge in [0.25, 0.3) is 11.7 Å². The molecular weight excluding hydrogens is 228 g/mol. The van der Waals surface area contributed by atoms with Crippen LogP contribution in [0.25, 0.3) is 0 Å². The highest BCUT2D eigenvalue weighted by molar-refractivity contribution is 6.05. The van der Waals surface area contributed by atoms with E-state index in [1.54, 1.807) is 0 Å². The minimum Gasteiger partial charge on any atom is -0.478 e. The summed E-state index contributed by atoms with van der Waals surface area (Å²) in [5.74, 6) is -2.03. The second-order valence-electron chi connectivity index (χ2n) is 2.92. The van der Waals surface area contributed by atoms with Gasteiger partial charge in [0.15, 0.2) is 0 Å². The lowest BCUT2D eigenvalue weighted by molar-refractivity contribution is 0.0698. The molecule has 2 rings (SSSR count). The molecule has 0 saturated carbocycles. The van der Waals surface area contributed by atoms with Crippen LogP contribution in [0, 0.1) is 0 Å². The number of tetrazole rings is 1. The first-order valence-electron chi connectivity index (χ1n) is 4.40. The van der Waals surface area contributed by atoms with Crippen LogP contribution in [0.1, 0.15) is 21.0 Å². The maximum atomic E-state index is 11.5. The number of H-pyrrole nitrogens is 1. The largest absolute Gasteiger partial charge is 0.478 e. The van der Waals surface area contributed by atoms with Gasteiger partial charge in [0, 0.05) is 6.20 Å². The number of amides is 1. The maximum absolute atomic E-state index is 11.5. The Labute approximate surface area is 93.9 Å². The lowest BCUT2D eigenvalue weighted by atomic mass is 10.2. The van der Waals surface area contributed by atoms with Gasteiger partial charge in [0.05, 0.1) is 17.4 Å². The van der Waals surface area contributed by atoms with Crippen molar-refractivity contribution in [3.05, 3.63) is 29.8 Å².